The van der Waals surface area contributed by atoms with Crippen LogP contribution < -0.4 is 0 Å². The summed E-state index contributed by atoms with van der Waals surface area (Å²) in [6.45, 7) is 13.5. The first kappa shape index (κ1) is 14.5. The fourth-order valence-electron chi connectivity index (χ4n) is 3.15. The van der Waals surface area contributed by atoms with E-state index in [-0.39, 0.29) is 0 Å². The molecule has 1 fully saturated rings. The summed E-state index contributed by atoms with van der Waals surface area (Å²) < 4.78 is 0. The van der Waals surface area contributed by atoms with Crippen molar-refractivity contribution in [2.75, 3.05) is 13.1 Å². The lowest BCUT2D eigenvalue weighted by Crippen LogP contribution is -2.35. The molecule has 1 unspecified atom stereocenters. The lowest BCUT2D eigenvalue weighted by Gasteiger charge is -2.25. The molecule has 1 aromatic carbocycles. The summed E-state index contributed by atoms with van der Waals surface area (Å²) in [6, 6.07) is 10.4. The molecule has 2 aliphatic heterocycles. The molecule has 2 aliphatic rings. The molecule has 2 heterocycles. The van der Waals surface area contributed by atoms with Crippen molar-refractivity contribution in [2.45, 2.75) is 59.3 Å². The van der Waals surface area contributed by atoms with Crippen molar-refractivity contribution in [3.63, 3.8) is 0 Å². The number of nitrogens with zero attached hydrogens (tertiary/aromatic N) is 2. The highest BCUT2D eigenvalue weighted by Gasteiger charge is 2.31. The van der Waals surface area contributed by atoms with Crippen LogP contribution in [0.15, 0.2) is 24.3 Å². The highest BCUT2D eigenvalue weighted by molar-refractivity contribution is 5.30. The number of fused-ring (bicyclic) bond motifs is 1. The third-order valence-corrected chi connectivity index (χ3v) is 4.31. The Kier molecular flexibility index (Phi) is 5.00. The van der Waals surface area contributed by atoms with Gasteiger partial charge in [-0.25, -0.2) is 0 Å². The zero-order chi connectivity index (χ0) is 13.8. The number of rotatable bonds is 2. The van der Waals surface area contributed by atoms with Crippen LogP contribution >= 0.6 is 0 Å². The second kappa shape index (κ2) is 6.53. The second-order valence-electron chi connectivity index (χ2n) is 5.70. The van der Waals surface area contributed by atoms with Crippen LogP contribution in [0.5, 0.6) is 0 Å². The van der Waals surface area contributed by atoms with Crippen LogP contribution in [0.2, 0.25) is 0 Å². The van der Waals surface area contributed by atoms with Gasteiger partial charge in [0.2, 0.25) is 0 Å². The van der Waals surface area contributed by atoms with Crippen LogP contribution in [0.3, 0.4) is 0 Å². The Hall–Kier alpha value is -0.860. The van der Waals surface area contributed by atoms with E-state index in [1.165, 1.54) is 30.6 Å². The fourth-order valence-corrected chi connectivity index (χ4v) is 3.15. The average Bonchev–Trinajstić information content (AvgIpc) is 3.07. The zero-order valence-electron chi connectivity index (χ0n) is 12.9. The highest BCUT2D eigenvalue weighted by atomic mass is 15.3. The molecule has 0 aliphatic carbocycles. The smallest absolute Gasteiger partial charge is 0.0244 e. The van der Waals surface area contributed by atoms with Crippen LogP contribution in [0, 0.1) is 0 Å². The van der Waals surface area contributed by atoms with Crippen molar-refractivity contribution < 1.29 is 0 Å². The van der Waals surface area contributed by atoms with Gasteiger partial charge in [0.1, 0.15) is 0 Å². The molecule has 0 bridgehead atoms. The van der Waals surface area contributed by atoms with E-state index in [9.17, 15) is 0 Å². The Morgan fingerprint density at radius 2 is 1.63 bits per heavy atom. The maximum absolute atomic E-state index is 2.66. The molecule has 0 radical (unpaired) electrons. The highest BCUT2D eigenvalue weighted by Crippen LogP contribution is 2.28. The molecule has 106 valence electrons. The van der Waals surface area contributed by atoms with Crippen LogP contribution in [0.25, 0.3) is 0 Å². The van der Waals surface area contributed by atoms with Crippen LogP contribution in [-0.2, 0) is 13.1 Å². The van der Waals surface area contributed by atoms with Gasteiger partial charge in [0.15, 0.2) is 0 Å². The predicted octanol–water partition coefficient (Wildman–Crippen LogP) is 3.51. The van der Waals surface area contributed by atoms with Crippen molar-refractivity contribution in [3.05, 3.63) is 35.4 Å². The van der Waals surface area contributed by atoms with E-state index in [1.54, 1.807) is 0 Å². The standard InChI is InChI=1S/C15H22N2.C2H6/c1-12(2)16-8-7-15(11-16)17-9-13-5-3-4-6-14(13)10-17;1-2/h3-6,12,15H,7-11H2,1-2H3;1-2H3. The quantitative estimate of drug-likeness (QED) is 0.803. The Balaban J connectivity index is 0.000000637. The molecule has 0 saturated carbocycles. The molecule has 19 heavy (non-hydrogen) atoms. The summed E-state index contributed by atoms with van der Waals surface area (Å²) in [6.07, 6.45) is 1.34. The first-order chi connectivity index (χ1) is 9.24. The minimum absolute atomic E-state index is 0.699. The maximum Gasteiger partial charge on any atom is 0.0244 e. The Morgan fingerprint density at radius 3 is 2.11 bits per heavy atom. The largest absolute Gasteiger partial charge is 0.299 e. The first-order valence-electron chi connectivity index (χ1n) is 7.79. The van der Waals surface area contributed by atoms with E-state index >= 15 is 0 Å². The number of hydrogen-bond acceptors (Lipinski definition) is 2. The van der Waals surface area contributed by atoms with Crippen molar-refractivity contribution in [3.8, 4) is 0 Å². The average molecular weight is 260 g/mol. The van der Waals surface area contributed by atoms with Gasteiger partial charge in [-0.1, -0.05) is 38.1 Å². The lowest BCUT2D eigenvalue weighted by molar-refractivity contribution is 0.184. The van der Waals surface area contributed by atoms with Gasteiger partial charge in [-0.3, -0.25) is 9.80 Å². The molecule has 0 aromatic heterocycles. The molecular formula is C17H28N2. The van der Waals surface area contributed by atoms with E-state index in [0.29, 0.717) is 6.04 Å². The Bertz CT molecular complexity index is 375. The van der Waals surface area contributed by atoms with Crippen LogP contribution in [0.4, 0.5) is 0 Å². The molecule has 0 N–H and O–H groups in total. The third kappa shape index (κ3) is 3.18. The van der Waals surface area contributed by atoms with Crippen LogP contribution in [0.1, 0.15) is 45.2 Å². The Morgan fingerprint density at radius 1 is 1.05 bits per heavy atom. The lowest BCUT2D eigenvalue weighted by atomic mass is 10.1. The molecule has 0 spiro atoms. The number of likely N-dealkylation sites (tertiary alicyclic amines) is 1. The van der Waals surface area contributed by atoms with Crippen molar-refractivity contribution in [1.29, 1.82) is 0 Å². The minimum Gasteiger partial charge on any atom is -0.299 e. The van der Waals surface area contributed by atoms with E-state index < -0.39 is 0 Å². The fraction of sp³-hybridized carbons (Fsp3) is 0.647. The predicted molar refractivity (Wildman–Crippen MR) is 82.2 cm³/mol. The van der Waals surface area contributed by atoms with Gasteiger partial charge in [-0.15, -0.1) is 0 Å². The van der Waals surface area contributed by atoms with Gasteiger partial charge < -0.3 is 0 Å². The van der Waals surface area contributed by atoms with Crippen molar-refractivity contribution in [2.24, 2.45) is 0 Å². The molecule has 2 nitrogen and oxygen atoms in total. The first-order valence-corrected chi connectivity index (χ1v) is 7.79. The topological polar surface area (TPSA) is 6.48 Å². The summed E-state index contributed by atoms with van der Waals surface area (Å²) in [4.78, 5) is 5.26. The number of benzene rings is 1. The summed E-state index contributed by atoms with van der Waals surface area (Å²) in [7, 11) is 0. The van der Waals surface area contributed by atoms with Crippen LogP contribution in [-0.4, -0.2) is 35.0 Å². The van der Waals surface area contributed by atoms with Gasteiger partial charge >= 0.3 is 0 Å². The third-order valence-electron chi connectivity index (χ3n) is 4.31. The van der Waals surface area contributed by atoms with Gasteiger partial charge in [0.25, 0.3) is 0 Å². The summed E-state index contributed by atoms with van der Waals surface area (Å²) in [5.41, 5.74) is 3.07. The normalized spacial score (nSPS) is 23.3. The molecule has 0 amide bonds. The molecule has 1 saturated heterocycles. The second-order valence-corrected chi connectivity index (χ2v) is 5.70. The monoisotopic (exact) mass is 260 g/mol. The zero-order valence-corrected chi connectivity index (χ0v) is 12.9. The maximum atomic E-state index is 2.66. The SMILES string of the molecule is CC.CC(C)N1CCC(N2Cc3ccccc3C2)C1. The molecule has 3 rings (SSSR count). The summed E-state index contributed by atoms with van der Waals surface area (Å²) >= 11 is 0. The Labute approximate surface area is 118 Å². The van der Waals surface area contributed by atoms with E-state index in [2.05, 4.69) is 47.9 Å². The molecule has 1 atom stereocenters. The molecule has 2 heteroatoms. The number of hydrogen-bond donors (Lipinski definition) is 0. The van der Waals surface area contributed by atoms with Gasteiger partial charge in [-0.2, -0.15) is 0 Å². The van der Waals surface area contributed by atoms with Crippen molar-refractivity contribution in [1.82, 2.24) is 9.80 Å². The molecular weight excluding hydrogens is 232 g/mol. The van der Waals surface area contributed by atoms with E-state index in [4.69, 9.17) is 0 Å². The van der Waals surface area contributed by atoms with Gasteiger partial charge in [0, 0.05) is 38.3 Å². The molecule has 1 aromatic rings. The minimum atomic E-state index is 0.699. The summed E-state index contributed by atoms with van der Waals surface area (Å²) in [5.74, 6) is 0. The van der Waals surface area contributed by atoms with E-state index in [0.717, 1.165) is 19.1 Å². The van der Waals surface area contributed by atoms with Crippen molar-refractivity contribution >= 4 is 0 Å². The van der Waals surface area contributed by atoms with E-state index in [1.807, 2.05) is 13.8 Å². The van der Waals surface area contributed by atoms with Gasteiger partial charge in [0.05, 0.1) is 0 Å². The van der Waals surface area contributed by atoms with Gasteiger partial charge in [-0.05, 0) is 31.4 Å². The summed E-state index contributed by atoms with van der Waals surface area (Å²) in [5, 5.41) is 0.